The predicted molar refractivity (Wildman–Crippen MR) is 57.8 cm³/mol. The van der Waals surface area contributed by atoms with E-state index in [2.05, 4.69) is 20.6 Å². The Labute approximate surface area is 96.8 Å². The Hall–Kier alpha value is -2.38. The maximum atomic E-state index is 11.8. The van der Waals surface area contributed by atoms with Crippen molar-refractivity contribution >= 4 is 11.6 Å². The fourth-order valence-corrected chi connectivity index (χ4v) is 1.38. The zero-order valence-corrected chi connectivity index (χ0v) is 9.47. The maximum Gasteiger partial charge on any atom is 0.272 e. The van der Waals surface area contributed by atoms with Crippen LogP contribution in [-0.2, 0) is 13.6 Å². The Morgan fingerprint density at radius 2 is 2.41 bits per heavy atom. The van der Waals surface area contributed by atoms with Gasteiger partial charge in [0.05, 0.1) is 18.4 Å². The van der Waals surface area contributed by atoms with Crippen LogP contribution < -0.4 is 11.1 Å². The van der Waals surface area contributed by atoms with E-state index >= 15 is 0 Å². The molecule has 0 atom stereocenters. The molecule has 0 aliphatic heterocycles. The Morgan fingerprint density at radius 1 is 1.65 bits per heavy atom. The molecule has 8 heteroatoms. The highest BCUT2D eigenvalue weighted by Gasteiger charge is 2.15. The highest BCUT2D eigenvalue weighted by molar-refractivity contribution is 5.97. The van der Waals surface area contributed by atoms with Gasteiger partial charge in [-0.2, -0.15) is 10.1 Å². The Bertz CT molecular complexity index is 524. The molecular formula is C9H12N6O2. The third kappa shape index (κ3) is 2.25. The molecule has 0 fully saturated rings. The second-order valence-electron chi connectivity index (χ2n) is 3.49. The van der Waals surface area contributed by atoms with E-state index in [4.69, 9.17) is 10.3 Å². The number of nitrogens with two attached hydrogens (primary N) is 1. The molecule has 0 spiro atoms. The quantitative estimate of drug-likeness (QED) is 0.751. The van der Waals surface area contributed by atoms with Gasteiger partial charge >= 0.3 is 0 Å². The second-order valence-corrected chi connectivity index (χ2v) is 3.49. The van der Waals surface area contributed by atoms with Gasteiger partial charge in [-0.15, -0.1) is 0 Å². The number of carbonyl (C=O) groups is 1. The lowest BCUT2D eigenvalue weighted by molar-refractivity contribution is 0.0938. The Morgan fingerprint density at radius 3 is 2.94 bits per heavy atom. The molecule has 2 aromatic rings. The van der Waals surface area contributed by atoms with Gasteiger partial charge in [-0.1, -0.05) is 5.16 Å². The molecule has 0 saturated heterocycles. The minimum absolute atomic E-state index is 0.157. The van der Waals surface area contributed by atoms with E-state index < -0.39 is 0 Å². The zero-order chi connectivity index (χ0) is 12.4. The monoisotopic (exact) mass is 236 g/mol. The van der Waals surface area contributed by atoms with Crippen LogP contribution in [0.2, 0.25) is 0 Å². The highest BCUT2D eigenvalue weighted by Crippen LogP contribution is 2.08. The van der Waals surface area contributed by atoms with E-state index in [9.17, 15) is 4.79 Å². The van der Waals surface area contributed by atoms with Crippen LogP contribution in [0.3, 0.4) is 0 Å². The summed E-state index contributed by atoms with van der Waals surface area (Å²) in [6, 6.07) is 0. The number of hydrogen-bond donors (Lipinski definition) is 2. The van der Waals surface area contributed by atoms with Crippen LogP contribution in [0.1, 0.15) is 22.2 Å². The number of nitrogens with zero attached hydrogens (tertiary/aromatic N) is 4. The van der Waals surface area contributed by atoms with Gasteiger partial charge in [0.1, 0.15) is 5.69 Å². The van der Waals surface area contributed by atoms with Crippen LogP contribution in [0.4, 0.5) is 5.69 Å². The molecule has 0 aliphatic rings. The van der Waals surface area contributed by atoms with Gasteiger partial charge in [0.15, 0.2) is 5.82 Å². The number of aryl methyl sites for hydroxylation is 2. The van der Waals surface area contributed by atoms with E-state index in [0.29, 0.717) is 23.1 Å². The van der Waals surface area contributed by atoms with Gasteiger partial charge in [-0.25, -0.2) is 0 Å². The topological polar surface area (TPSA) is 112 Å². The molecule has 3 N–H and O–H groups in total. The zero-order valence-electron chi connectivity index (χ0n) is 9.47. The molecule has 0 aromatic carbocycles. The lowest BCUT2D eigenvalue weighted by Crippen LogP contribution is -2.26. The number of aromatic nitrogens is 4. The summed E-state index contributed by atoms with van der Waals surface area (Å²) < 4.78 is 6.27. The van der Waals surface area contributed by atoms with E-state index in [1.807, 2.05) is 0 Å². The second kappa shape index (κ2) is 4.24. The predicted octanol–water partition coefficient (Wildman–Crippen LogP) is -0.376. The van der Waals surface area contributed by atoms with Crippen molar-refractivity contribution in [3.05, 3.63) is 23.6 Å². The minimum Gasteiger partial charge on any atom is -0.396 e. The lowest BCUT2D eigenvalue weighted by atomic mass is 10.3. The van der Waals surface area contributed by atoms with Crippen LogP contribution in [-0.4, -0.2) is 25.8 Å². The van der Waals surface area contributed by atoms with E-state index in [0.717, 1.165) is 0 Å². The summed E-state index contributed by atoms with van der Waals surface area (Å²) in [6.07, 6.45) is 1.42. The molecule has 2 heterocycles. The van der Waals surface area contributed by atoms with E-state index in [1.165, 1.54) is 10.9 Å². The fourth-order valence-electron chi connectivity index (χ4n) is 1.38. The van der Waals surface area contributed by atoms with Gasteiger partial charge in [0.2, 0.25) is 5.89 Å². The van der Waals surface area contributed by atoms with Gasteiger partial charge in [0.25, 0.3) is 5.91 Å². The molecule has 0 saturated carbocycles. The van der Waals surface area contributed by atoms with Crippen molar-refractivity contribution in [2.45, 2.75) is 13.5 Å². The number of nitrogen functional groups attached to an aromatic ring is 1. The van der Waals surface area contributed by atoms with Crippen molar-refractivity contribution in [3.63, 3.8) is 0 Å². The summed E-state index contributed by atoms with van der Waals surface area (Å²) in [4.78, 5) is 15.7. The third-order valence-corrected chi connectivity index (χ3v) is 2.15. The van der Waals surface area contributed by atoms with Crippen molar-refractivity contribution in [1.29, 1.82) is 0 Å². The molecule has 0 unspecified atom stereocenters. The first-order valence-corrected chi connectivity index (χ1v) is 4.93. The average molecular weight is 236 g/mol. The summed E-state index contributed by atoms with van der Waals surface area (Å²) in [5.41, 5.74) is 6.25. The molecule has 17 heavy (non-hydrogen) atoms. The average Bonchev–Trinajstić information content (AvgIpc) is 2.83. The van der Waals surface area contributed by atoms with Crippen LogP contribution in [0, 0.1) is 6.92 Å². The molecule has 1 amide bonds. The van der Waals surface area contributed by atoms with Gasteiger partial charge in [0, 0.05) is 7.05 Å². The van der Waals surface area contributed by atoms with Crippen molar-refractivity contribution in [3.8, 4) is 0 Å². The summed E-state index contributed by atoms with van der Waals surface area (Å²) >= 11 is 0. The largest absolute Gasteiger partial charge is 0.396 e. The number of nitrogens with one attached hydrogen (secondary N) is 1. The molecule has 2 rings (SSSR count). The molecule has 90 valence electrons. The van der Waals surface area contributed by atoms with Crippen molar-refractivity contribution < 1.29 is 9.32 Å². The summed E-state index contributed by atoms with van der Waals surface area (Å²) in [5.74, 6) is 0.532. The number of amides is 1. The molecule has 0 bridgehead atoms. The van der Waals surface area contributed by atoms with Crippen molar-refractivity contribution in [1.82, 2.24) is 25.2 Å². The minimum atomic E-state index is -0.335. The number of anilines is 1. The number of hydrogen-bond acceptors (Lipinski definition) is 6. The molecular weight excluding hydrogens is 224 g/mol. The van der Waals surface area contributed by atoms with E-state index in [1.54, 1.807) is 14.0 Å². The van der Waals surface area contributed by atoms with Crippen molar-refractivity contribution in [2.24, 2.45) is 7.05 Å². The van der Waals surface area contributed by atoms with Crippen molar-refractivity contribution in [2.75, 3.05) is 5.73 Å². The number of carbonyl (C=O) groups excluding carboxylic acids is 1. The lowest BCUT2D eigenvalue weighted by Gasteiger charge is -2.03. The first-order chi connectivity index (χ1) is 8.08. The first kappa shape index (κ1) is 11.1. The molecule has 8 nitrogen and oxygen atoms in total. The third-order valence-electron chi connectivity index (χ3n) is 2.15. The molecule has 0 aliphatic carbocycles. The highest BCUT2D eigenvalue weighted by atomic mass is 16.5. The van der Waals surface area contributed by atoms with E-state index in [-0.39, 0.29) is 12.5 Å². The Balaban J connectivity index is 2.03. The smallest absolute Gasteiger partial charge is 0.272 e. The van der Waals surface area contributed by atoms with Crippen LogP contribution in [0.15, 0.2) is 10.7 Å². The first-order valence-electron chi connectivity index (χ1n) is 4.93. The molecule has 0 radical (unpaired) electrons. The van der Waals surface area contributed by atoms with Gasteiger partial charge < -0.3 is 15.6 Å². The summed E-state index contributed by atoms with van der Waals surface area (Å²) in [6.45, 7) is 1.86. The van der Waals surface area contributed by atoms with Gasteiger partial charge in [-0.05, 0) is 6.92 Å². The Kier molecular flexibility index (Phi) is 2.77. The fraction of sp³-hybridized carbons (Fsp3) is 0.333. The van der Waals surface area contributed by atoms with Crippen LogP contribution >= 0.6 is 0 Å². The SMILES string of the molecule is Cc1noc(CNC(=O)c2c(N)cnn2C)n1. The summed E-state index contributed by atoms with van der Waals surface area (Å²) in [5, 5.41) is 10.1. The van der Waals surface area contributed by atoms with Crippen LogP contribution in [0.5, 0.6) is 0 Å². The number of rotatable bonds is 3. The maximum absolute atomic E-state index is 11.8. The van der Waals surface area contributed by atoms with Crippen LogP contribution in [0.25, 0.3) is 0 Å². The normalized spacial score (nSPS) is 10.5. The molecule has 2 aromatic heterocycles. The summed E-state index contributed by atoms with van der Waals surface area (Å²) in [7, 11) is 1.64. The van der Waals surface area contributed by atoms with Gasteiger partial charge in [-0.3, -0.25) is 9.48 Å². The standard InChI is InChI=1S/C9H12N6O2/c1-5-13-7(17-14-5)4-11-9(16)8-6(10)3-12-15(8)2/h3H,4,10H2,1-2H3,(H,11,16).